The Morgan fingerprint density at radius 3 is 2.96 bits per heavy atom. The second kappa shape index (κ2) is 6.91. The highest BCUT2D eigenvalue weighted by atomic mass is 16.1. The van der Waals surface area contributed by atoms with Crippen molar-refractivity contribution >= 4 is 28.5 Å². The quantitative estimate of drug-likeness (QED) is 0.525. The Bertz CT molecular complexity index is 1100. The molecule has 0 bridgehead atoms. The zero-order valence-electron chi connectivity index (χ0n) is 14.9. The number of imidazole rings is 1. The molecule has 3 aromatic rings. The van der Waals surface area contributed by atoms with Crippen LogP contribution in [0, 0.1) is 0 Å². The first-order valence-corrected chi connectivity index (χ1v) is 8.61. The lowest BCUT2D eigenvalue weighted by molar-refractivity contribution is -0.671. The summed E-state index contributed by atoms with van der Waals surface area (Å²) in [6.07, 6.45) is 12.4. The van der Waals surface area contributed by atoms with Crippen molar-refractivity contribution < 1.29 is 9.36 Å². The van der Waals surface area contributed by atoms with E-state index in [9.17, 15) is 4.79 Å². The number of nitrogens with one attached hydrogen (secondary N) is 1. The minimum absolute atomic E-state index is 0.135. The number of aliphatic imine (C=N–C) groups is 1. The standard InChI is InChI=1S/C19H19N7O/c1-24-10-11-25(13-24)9-7-21-19-18(17-4-2-3-8-26(17)23-19)22-16-6-5-14(27)12-15(16)20/h2-6,8,10-13H,7,9H2,1H3,(H2-,20,21,23,27)/p+1. The van der Waals surface area contributed by atoms with Crippen LogP contribution in [0.15, 0.2) is 72.0 Å². The summed E-state index contributed by atoms with van der Waals surface area (Å²) in [5.74, 6) is 0.535. The molecule has 0 amide bonds. The van der Waals surface area contributed by atoms with E-state index in [1.54, 1.807) is 10.6 Å². The molecule has 1 aliphatic rings. The van der Waals surface area contributed by atoms with Gasteiger partial charge in [-0.15, -0.1) is 5.10 Å². The molecule has 8 nitrogen and oxygen atoms in total. The van der Waals surface area contributed by atoms with Gasteiger partial charge in [0.05, 0.1) is 30.5 Å². The van der Waals surface area contributed by atoms with Crippen LogP contribution in [0.4, 0.5) is 11.5 Å². The van der Waals surface area contributed by atoms with Gasteiger partial charge in [0.1, 0.15) is 24.6 Å². The lowest BCUT2D eigenvalue weighted by Gasteiger charge is -2.07. The topological polar surface area (TPSA) is 93.6 Å². The molecule has 4 rings (SSSR count). The van der Waals surface area contributed by atoms with Crippen molar-refractivity contribution in [2.45, 2.75) is 6.54 Å². The molecule has 0 aromatic carbocycles. The summed E-state index contributed by atoms with van der Waals surface area (Å²) in [5.41, 5.74) is 8.42. The van der Waals surface area contributed by atoms with Crippen LogP contribution in [0.1, 0.15) is 0 Å². The number of aryl methyl sites for hydroxylation is 1. The molecule has 0 atom stereocenters. The van der Waals surface area contributed by atoms with E-state index < -0.39 is 0 Å². The Labute approximate surface area is 155 Å². The van der Waals surface area contributed by atoms with Crippen LogP contribution in [-0.4, -0.2) is 32.2 Å². The average Bonchev–Trinajstić information content (AvgIpc) is 3.21. The van der Waals surface area contributed by atoms with Gasteiger partial charge in [0.25, 0.3) is 0 Å². The Morgan fingerprint density at radius 2 is 2.19 bits per heavy atom. The third-order valence-corrected chi connectivity index (χ3v) is 4.23. The lowest BCUT2D eigenvalue weighted by atomic mass is 10.1. The smallest absolute Gasteiger partial charge is 0.243 e. The van der Waals surface area contributed by atoms with Crippen LogP contribution >= 0.6 is 0 Å². The maximum absolute atomic E-state index is 11.4. The fraction of sp³-hybridized carbons (Fsp3) is 0.158. The molecule has 136 valence electrons. The Morgan fingerprint density at radius 1 is 1.30 bits per heavy atom. The molecular weight excluding hydrogens is 342 g/mol. The molecule has 0 unspecified atom stereocenters. The van der Waals surface area contributed by atoms with Gasteiger partial charge >= 0.3 is 0 Å². The first-order valence-electron chi connectivity index (χ1n) is 8.61. The number of fused-ring (bicyclic) bond motifs is 1. The number of aromatic nitrogens is 4. The van der Waals surface area contributed by atoms with E-state index in [1.165, 1.54) is 12.2 Å². The van der Waals surface area contributed by atoms with Crippen LogP contribution < -0.4 is 15.6 Å². The van der Waals surface area contributed by atoms with Gasteiger partial charge in [-0.3, -0.25) is 4.79 Å². The number of nitrogens with two attached hydrogens (primary N) is 1. The van der Waals surface area contributed by atoms with E-state index in [0.29, 0.717) is 29.5 Å². The van der Waals surface area contributed by atoms with Crippen molar-refractivity contribution in [1.29, 1.82) is 0 Å². The van der Waals surface area contributed by atoms with Gasteiger partial charge in [-0.25, -0.2) is 18.6 Å². The molecule has 3 N–H and O–H groups in total. The SMILES string of the molecule is C[n+]1ccn(CCNc2nn3ccccc3c2N=C2C=CC(=O)C=C2N)c1. The molecule has 8 heteroatoms. The third kappa shape index (κ3) is 3.50. The first-order chi connectivity index (χ1) is 13.1. The number of hydrogen-bond acceptors (Lipinski definition) is 5. The fourth-order valence-electron chi connectivity index (χ4n) is 2.91. The molecule has 3 aromatic heterocycles. The fourth-order valence-corrected chi connectivity index (χ4v) is 2.91. The summed E-state index contributed by atoms with van der Waals surface area (Å²) in [6.45, 7) is 1.48. The summed E-state index contributed by atoms with van der Waals surface area (Å²) in [4.78, 5) is 16.1. The number of hydrogen-bond donors (Lipinski definition) is 2. The molecule has 0 saturated heterocycles. The van der Waals surface area contributed by atoms with Gasteiger partial charge in [0, 0.05) is 12.3 Å². The zero-order valence-corrected chi connectivity index (χ0v) is 14.9. The summed E-state index contributed by atoms with van der Waals surface area (Å²) in [5, 5.41) is 7.94. The van der Waals surface area contributed by atoms with Crippen LogP contribution in [0.25, 0.3) is 5.52 Å². The van der Waals surface area contributed by atoms with Crippen molar-refractivity contribution in [3.8, 4) is 0 Å². The molecule has 0 spiro atoms. The highest BCUT2D eigenvalue weighted by Crippen LogP contribution is 2.30. The average molecular weight is 362 g/mol. The summed E-state index contributed by atoms with van der Waals surface area (Å²) < 4.78 is 5.85. The summed E-state index contributed by atoms with van der Waals surface area (Å²) in [6, 6.07) is 5.79. The van der Waals surface area contributed by atoms with Crippen molar-refractivity contribution in [2.24, 2.45) is 17.8 Å². The predicted octanol–water partition coefficient (Wildman–Crippen LogP) is 1.13. The zero-order chi connectivity index (χ0) is 18.8. The largest absolute Gasteiger partial charge is 0.397 e. The first kappa shape index (κ1) is 16.8. The Kier molecular flexibility index (Phi) is 4.29. The summed E-state index contributed by atoms with van der Waals surface area (Å²) >= 11 is 0. The summed E-state index contributed by atoms with van der Waals surface area (Å²) in [7, 11) is 1.99. The monoisotopic (exact) mass is 362 g/mol. The number of carbonyl (C=O) groups is 1. The highest BCUT2D eigenvalue weighted by molar-refractivity contribution is 6.20. The maximum Gasteiger partial charge on any atom is 0.243 e. The molecule has 3 heterocycles. The molecule has 0 saturated carbocycles. The number of anilines is 1. The van der Waals surface area contributed by atoms with Crippen molar-refractivity contribution in [3.63, 3.8) is 0 Å². The van der Waals surface area contributed by atoms with Gasteiger partial charge < -0.3 is 11.1 Å². The molecular formula is C19H20N7O+. The molecule has 0 fully saturated rings. The maximum atomic E-state index is 11.4. The van der Waals surface area contributed by atoms with Crippen LogP contribution in [0.3, 0.4) is 0 Å². The van der Waals surface area contributed by atoms with Crippen LogP contribution in [0.5, 0.6) is 0 Å². The van der Waals surface area contributed by atoms with Crippen molar-refractivity contribution in [3.05, 3.63) is 67.0 Å². The number of rotatable bonds is 5. The van der Waals surface area contributed by atoms with E-state index in [1.807, 2.05) is 54.7 Å². The molecule has 1 aliphatic carbocycles. The highest BCUT2D eigenvalue weighted by Gasteiger charge is 2.15. The molecule has 0 aliphatic heterocycles. The number of nitrogens with zero attached hydrogens (tertiary/aromatic N) is 5. The van der Waals surface area contributed by atoms with Gasteiger partial charge in [0.2, 0.25) is 6.33 Å². The minimum atomic E-state index is -0.135. The molecule has 0 radical (unpaired) electrons. The van der Waals surface area contributed by atoms with E-state index in [4.69, 9.17) is 5.73 Å². The number of pyridine rings is 1. The van der Waals surface area contributed by atoms with Gasteiger partial charge in [0.15, 0.2) is 11.6 Å². The number of carbonyl (C=O) groups excluding carboxylic acids is 1. The molecule has 27 heavy (non-hydrogen) atoms. The Hall–Kier alpha value is -3.68. The second-order valence-corrected chi connectivity index (χ2v) is 6.30. The van der Waals surface area contributed by atoms with E-state index in [0.717, 1.165) is 12.1 Å². The van der Waals surface area contributed by atoms with Gasteiger partial charge in [-0.05, 0) is 24.3 Å². The van der Waals surface area contributed by atoms with Crippen molar-refractivity contribution in [1.82, 2.24) is 14.2 Å². The van der Waals surface area contributed by atoms with Gasteiger partial charge in [-0.2, -0.15) is 0 Å². The number of ketones is 1. The Balaban J connectivity index is 1.64. The van der Waals surface area contributed by atoms with E-state index in [2.05, 4.69) is 20.0 Å². The van der Waals surface area contributed by atoms with E-state index >= 15 is 0 Å². The van der Waals surface area contributed by atoms with Crippen LogP contribution in [-0.2, 0) is 18.4 Å². The van der Waals surface area contributed by atoms with Gasteiger partial charge in [-0.1, -0.05) is 6.07 Å². The van der Waals surface area contributed by atoms with Crippen LogP contribution in [0.2, 0.25) is 0 Å². The normalized spacial score (nSPS) is 15.5. The third-order valence-electron chi connectivity index (χ3n) is 4.23. The number of allylic oxidation sites excluding steroid dienone is 3. The predicted molar refractivity (Wildman–Crippen MR) is 103 cm³/mol. The van der Waals surface area contributed by atoms with Crippen molar-refractivity contribution in [2.75, 3.05) is 11.9 Å². The van der Waals surface area contributed by atoms with E-state index in [-0.39, 0.29) is 5.78 Å². The minimum Gasteiger partial charge on any atom is -0.397 e. The second-order valence-electron chi connectivity index (χ2n) is 6.30. The lowest BCUT2D eigenvalue weighted by Crippen LogP contribution is -2.24.